The lowest BCUT2D eigenvalue weighted by atomic mass is 9.95. The number of carbonyl (C=O) groups excluding carboxylic acids is 2. The Morgan fingerprint density at radius 1 is 1.03 bits per heavy atom. The van der Waals surface area contributed by atoms with Gasteiger partial charge in [-0.2, -0.15) is 0 Å². The van der Waals surface area contributed by atoms with Crippen molar-refractivity contribution in [1.29, 1.82) is 0 Å². The van der Waals surface area contributed by atoms with E-state index >= 15 is 0 Å². The summed E-state index contributed by atoms with van der Waals surface area (Å²) in [7, 11) is -3.61. The number of amides is 2. The maximum atomic E-state index is 13.7. The van der Waals surface area contributed by atoms with Crippen molar-refractivity contribution in [2.75, 3.05) is 17.1 Å². The number of halogens is 2. The molecule has 7 nitrogen and oxygen atoms in total. The maximum absolute atomic E-state index is 13.7. The second-order valence-corrected chi connectivity index (χ2v) is 12.9. The quantitative estimate of drug-likeness (QED) is 0.321. The van der Waals surface area contributed by atoms with Crippen molar-refractivity contribution in [3.05, 3.63) is 63.6 Å². The molecule has 1 aliphatic carbocycles. The van der Waals surface area contributed by atoms with Gasteiger partial charge in [0.15, 0.2) is 0 Å². The first-order valence-corrected chi connectivity index (χ1v) is 16.2. The van der Waals surface area contributed by atoms with Crippen LogP contribution in [0.15, 0.2) is 42.5 Å². The van der Waals surface area contributed by atoms with Crippen LogP contribution in [0.5, 0.6) is 0 Å². The van der Waals surface area contributed by atoms with E-state index < -0.39 is 16.1 Å². The summed E-state index contributed by atoms with van der Waals surface area (Å²) in [4.78, 5) is 28.6. The van der Waals surface area contributed by atoms with E-state index in [1.807, 2.05) is 25.1 Å². The lowest BCUT2D eigenvalue weighted by Gasteiger charge is -2.33. The van der Waals surface area contributed by atoms with Gasteiger partial charge in [0.25, 0.3) is 0 Å². The highest BCUT2D eigenvalue weighted by atomic mass is 35.5. The van der Waals surface area contributed by atoms with Gasteiger partial charge in [0.1, 0.15) is 6.04 Å². The number of nitrogens with one attached hydrogen (secondary N) is 1. The predicted molar refractivity (Wildman–Crippen MR) is 159 cm³/mol. The molecule has 1 N–H and O–H groups in total. The van der Waals surface area contributed by atoms with Crippen LogP contribution in [0.2, 0.25) is 10.0 Å². The fourth-order valence-electron chi connectivity index (χ4n) is 5.12. The van der Waals surface area contributed by atoms with Gasteiger partial charge in [-0.1, -0.05) is 73.7 Å². The van der Waals surface area contributed by atoms with Crippen LogP contribution in [0.3, 0.4) is 0 Å². The molecule has 0 bridgehead atoms. The number of rotatable bonds is 12. The average molecular weight is 597 g/mol. The van der Waals surface area contributed by atoms with Crippen LogP contribution in [0.1, 0.15) is 69.4 Å². The minimum atomic E-state index is -3.61. The molecule has 0 aliphatic heterocycles. The second kappa shape index (κ2) is 14.4. The molecule has 1 fully saturated rings. The molecule has 39 heavy (non-hydrogen) atoms. The number of benzene rings is 2. The predicted octanol–water partition coefficient (Wildman–Crippen LogP) is 6.10. The SMILES string of the molecule is CC[C@@H](C(=O)NC1CCCCC1)N(Cc1ccccc1Cl)C(=O)CCCN(c1cccc(Cl)c1C)S(C)(=O)=O. The highest BCUT2D eigenvalue weighted by molar-refractivity contribution is 7.92. The van der Waals surface area contributed by atoms with E-state index in [0.717, 1.165) is 37.5 Å². The molecule has 1 atom stereocenters. The monoisotopic (exact) mass is 595 g/mol. The molecule has 2 aromatic carbocycles. The first kappa shape index (κ1) is 31.2. The lowest BCUT2D eigenvalue weighted by molar-refractivity contribution is -0.141. The number of hydrogen-bond acceptors (Lipinski definition) is 4. The van der Waals surface area contributed by atoms with Gasteiger partial charge in [-0.05, 0) is 61.9 Å². The molecule has 0 saturated heterocycles. The van der Waals surface area contributed by atoms with E-state index in [4.69, 9.17) is 23.2 Å². The summed E-state index contributed by atoms with van der Waals surface area (Å²) < 4.78 is 26.6. The Labute approximate surface area is 242 Å². The van der Waals surface area contributed by atoms with Gasteiger partial charge in [0.2, 0.25) is 21.8 Å². The minimum Gasteiger partial charge on any atom is -0.352 e. The summed E-state index contributed by atoms with van der Waals surface area (Å²) in [6.07, 6.45) is 7.20. The fourth-order valence-corrected chi connectivity index (χ4v) is 6.50. The van der Waals surface area contributed by atoms with Crippen LogP contribution in [0, 0.1) is 6.92 Å². The zero-order valence-corrected chi connectivity index (χ0v) is 25.3. The highest BCUT2D eigenvalue weighted by Crippen LogP contribution is 2.29. The molecule has 1 aliphatic rings. The van der Waals surface area contributed by atoms with E-state index in [-0.39, 0.29) is 43.8 Å². The standard InChI is InChI=1S/C29H39Cl2N3O4S/c1-4-26(29(36)32-23-13-6-5-7-14-23)33(20-22-12-8-9-15-25(22)31)28(35)18-11-19-34(39(3,37)38)27-17-10-16-24(30)21(27)2/h8-10,12,15-17,23,26H,4-7,11,13-14,18-20H2,1-3H3,(H,32,36)/t26-/m0/s1. The number of hydrogen-bond donors (Lipinski definition) is 1. The van der Waals surface area contributed by atoms with Gasteiger partial charge in [-0.25, -0.2) is 8.42 Å². The molecule has 1 saturated carbocycles. The topological polar surface area (TPSA) is 86.8 Å². The third kappa shape index (κ3) is 8.60. The Morgan fingerprint density at radius 2 is 1.69 bits per heavy atom. The zero-order chi connectivity index (χ0) is 28.6. The van der Waals surface area contributed by atoms with E-state index in [0.29, 0.717) is 27.7 Å². The van der Waals surface area contributed by atoms with Crippen molar-refractivity contribution in [1.82, 2.24) is 10.2 Å². The fraction of sp³-hybridized carbons (Fsp3) is 0.517. The molecule has 0 heterocycles. The van der Waals surface area contributed by atoms with Gasteiger partial charge >= 0.3 is 0 Å². The molecule has 2 aromatic rings. The van der Waals surface area contributed by atoms with Crippen LogP contribution >= 0.6 is 23.2 Å². The molecule has 214 valence electrons. The van der Waals surface area contributed by atoms with Crippen LogP contribution in [-0.4, -0.2) is 50.0 Å². The Bertz CT molecular complexity index is 1250. The number of sulfonamides is 1. The summed E-state index contributed by atoms with van der Waals surface area (Å²) in [5.74, 6) is -0.381. The van der Waals surface area contributed by atoms with Crippen molar-refractivity contribution in [2.45, 2.75) is 83.8 Å². The molecule has 0 radical (unpaired) electrons. The Balaban J connectivity index is 1.79. The first-order valence-electron chi connectivity index (χ1n) is 13.6. The van der Waals surface area contributed by atoms with E-state index in [1.54, 1.807) is 36.1 Å². The summed E-state index contributed by atoms with van der Waals surface area (Å²) in [6.45, 7) is 3.96. The molecule has 0 aromatic heterocycles. The second-order valence-electron chi connectivity index (χ2n) is 10.2. The summed E-state index contributed by atoms with van der Waals surface area (Å²) in [5, 5.41) is 4.16. The molecular weight excluding hydrogens is 557 g/mol. The first-order chi connectivity index (χ1) is 18.5. The molecule has 10 heteroatoms. The van der Waals surface area contributed by atoms with E-state index in [2.05, 4.69) is 5.32 Å². The Morgan fingerprint density at radius 3 is 2.33 bits per heavy atom. The Kier molecular flexibility index (Phi) is 11.5. The van der Waals surface area contributed by atoms with Crippen molar-refractivity contribution in [2.24, 2.45) is 0 Å². The van der Waals surface area contributed by atoms with Crippen molar-refractivity contribution >= 4 is 50.7 Å². The van der Waals surface area contributed by atoms with Crippen LogP contribution < -0.4 is 9.62 Å². The van der Waals surface area contributed by atoms with Gasteiger partial charge in [0.05, 0.1) is 11.9 Å². The van der Waals surface area contributed by atoms with Crippen molar-refractivity contribution < 1.29 is 18.0 Å². The third-order valence-corrected chi connectivity index (χ3v) is 9.25. The number of anilines is 1. The smallest absolute Gasteiger partial charge is 0.243 e. The summed E-state index contributed by atoms with van der Waals surface area (Å²) in [5.41, 5.74) is 1.90. The molecule has 2 amide bonds. The molecule has 0 unspecified atom stereocenters. The zero-order valence-electron chi connectivity index (χ0n) is 23.0. The number of nitrogens with zero attached hydrogens (tertiary/aromatic N) is 2. The number of carbonyl (C=O) groups is 2. The van der Waals surface area contributed by atoms with Gasteiger partial charge in [-0.3, -0.25) is 13.9 Å². The van der Waals surface area contributed by atoms with Gasteiger partial charge in [0, 0.05) is 35.6 Å². The largest absolute Gasteiger partial charge is 0.352 e. The normalized spacial score (nSPS) is 15.0. The third-order valence-electron chi connectivity index (χ3n) is 7.30. The summed E-state index contributed by atoms with van der Waals surface area (Å²) in [6, 6.07) is 11.9. The van der Waals surface area contributed by atoms with Crippen molar-refractivity contribution in [3.63, 3.8) is 0 Å². The van der Waals surface area contributed by atoms with Crippen LogP contribution in [0.25, 0.3) is 0 Å². The molecule has 0 spiro atoms. The van der Waals surface area contributed by atoms with E-state index in [1.165, 1.54) is 10.7 Å². The van der Waals surface area contributed by atoms with Gasteiger partial charge < -0.3 is 10.2 Å². The van der Waals surface area contributed by atoms with Crippen LogP contribution in [0.4, 0.5) is 5.69 Å². The maximum Gasteiger partial charge on any atom is 0.243 e. The lowest BCUT2D eigenvalue weighted by Crippen LogP contribution is -2.51. The highest BCUT2D eigenvalue weighted by Gasteiger charge is 2.31. The Hall–Kier alpha value is -2.29. The van der Waals surface area contributed by atoms with Gasteiger partial charge in [-0.15, -0.1) is 0 Å². The average Bonchev–Trinajstić information content (AvgIpc) is 2.89. The molecular formula is C29H39Cl2N3O4S. The minimum absolute atomic E-state index is 0.0727. The molecule has 3 rings (SSSR count). The summed E-state index contributed by atoms with van der Waals surface area (Å²) >= 11 is 12.7. The van der Waals surface area contributed by atoms with Crippen molar-refractivity contribution in [3.8, 4) is 0 Å². The van der Waals surface area contributed by atoms with E-state index in [9.17, 15) is 18.0 Å². The van der Waals surface area contributed by atoms with Crippen LogP contribution in [-0.2, 0) is 26.2 Å².